The number of aromatic nitrogens is 3. The van der Waals surface area contributed by atoms with Crippen molar-refractivity contribution in [1.82, 2.24) is 15.0 Å². The van der Waals surface area contributed by atoms with Crippen molar-refractivity contribution >= 4 is 45.6 Å². The van der Waals surface area contributed by atoms with Gasteiger partial charge in [0.2, 0.25) is 5.95 Å². The Morgan fingerprint density at radius 2 is 2.04 bits per heavy atom. The van der Waals surface area contributed by atoms with E-state index in [1.54, 1.807) is 23.8 Å². The molecule has 0 aliphatic heterocycles. The zero-order valence-electron chi connectivity index (χ0n) is 11.5. The highest BCUT2D eigenvalue weighted by molar-refractivity contribution is 7.14. The van der Waals surface area contributed by atoms with Crippen molar-refractivity contribution in [3.8, 4) is 0 Å². The molecule has 3 rings (SSSR count). The van der Waals surface area contributed by atoms with Crippen molar-refractivity contribution in [1.29, 1.82) is 0 Å². The molecule has 0 saturated heterocycles. The molecule has 3 aromatic rings. The third kappa shape index (κ3) is 3.79. The number of hydrogen-bond acceptors (Lipinski definition) is 6. The van der Waals surface area contributed by atoms with E-state index in [-0.39, 0.29) is 10.7 Å². The predicted molar refractivity (Wildman–Crippen MR) is 86.8 cm³/mol. The molecule has 0 aliphatic carbocycles. The summed E-state index contributed by atoms with van der Waals surface area (Å²) < 4.78 is 13.1. The van der Waals surface area contributed by atoms with Crippen LogP contribution >= 0.6 is 22.9 Å². The number of anilines is 3. The van der Waals surface area contributed by atoms with Crippen LogP contribution in [0.5, 0.6) is 0 Å². The SMILES string of the molecule is O=C(Nc1ccc(F)c(Cl)c1)c1csc(Nc2ncccn2)n1. The van der Waals surface area contributed by atoms with Gasteiger partial charge in [-0.15, -0.1) is 11.3 Å². The van der Waals surface area contributed by atoms with Gasteiger partial charge in [-0.3, -0.25) is 4.79 Å². The van der Waals surface area contributed by atoms with Gasteiger partial charge in [-0.1, -0.05) is 11.6 Å². The fourth-order valence-corrected chi connectivity index (χ4v) is 2.53. The zero-order valence-corrected chi connectivity index (χ0v) is 13.0. The van der Waals surface area contributed by atoms with Crippen LogP contribution in [0, 0.1) is 5.82 Å². The van der Waals surface area contributed by atoms with Crippen molar-refractivity contribution in [3.05, 3.63) is 58.6 Å². The van der Waals surface area contributed by atoms with Crippen molar-refractivity contribution in [2.24, 2.45) is 0 Å². The van der Waals surface area contributed by atoms with E-state index in [4.69, 9.17) is 11.6 Å². The number of hydrogen-bond donors (Lipinski definition) is 2. The first-order valence-electron chi connectivity index (χ1n) is 6.38. The zero-order chi connectivity index (χ0) is 16.2. The Morgan fingerprint density at radius 3 is 2.78 bits per heavy atom. The summed E-state index contributed by atoms with van der Waals surface area (Å²) in [7, 11) is 0. The number of benzene rings is 1. The Balaban J connectivity index is 1.69. The Hall–Kier alpha value is -2.58. The van der Waals surface area contributed by atoms with Gasteiger partial charge in [-0.25, -0.2) is 19.3 Å². The average Bonchev–Trinajstić information content (AvgIpc) is 3.00. The van der Waals surface area contributed by atoms with Gasteiger partial charge in [-0.2, -0.15) is 0 Å². The van der Waals surface area contributed by atoms with Crippen molar-refractivity contribution in [2.45, 2.75) is 0 Å². The molecule has 0 fully saturated rings. The van der Waals surface area contributed by atoms with Crippen LogP contribution in [0.3, 0.4) is 0 Å². The van der Waals surface area contributed by atoms with Gasteiger partial charge < -0.3 is 10.6 Å². The first kappa shape index (κ1) is 15.3. The lowest BCUT2D eigenvalue weighted by Crippen LogP contribution is -2.12. The number of carbonyl (C=O) groups excluding carboxylic acids is 1. The number of nitrogens with zero attached hydrogens (tertiary/aromatic N) is 3. The highest BCUT2D eigenvalue weighted by Crippen LogP contribution is 2.22. The van der Waals surface area contributed by atoms with Crippen LogP contribution < -0.4 is 10.6 Å². The molecule has 9 heteroatoms. The Bertz CT molecular complexity index is 842. The molecule has 0 saturated carbocycles. The Kier molecular flexibility index (Phi) is 4.45. The van der Waals surface area contributed by atoms with Crippen LogP contribution in [-0.4, -0.2) is 20.9 Å². The first-order valence-corrected chi connectivity index (χ1v) is 7.63. The van der Waals surface area contributed by atoms with Crippen molar-refractivity contribution < 1.29 is 9.18 Å². The van der Waals surface area contributed by atoms with Crippen LogP contribution in [0.2, 0.25) is 5.02 Å². The lowest BCUT2D eigenvalue weighted by molar-refractivity contribution is 0.102. The van der Waals surface area contributed by atoms with E-state index in [9.17, 15) is 9.18 Å². The van der Waals surface area contributed by atoms with E-state index in [2.05, 4.69) is 25.6 Å². The van der Waals surface area contributed by atoms with Gasteiger partial charge in [0.05, 0.1) is 5.02 Å². The summed E-state index contributed by atoms with van der Waals surface area (Å²) in [5.41, 5.74) is 0.601. The molecule has 116 valence electrons. The number of amides is 1. The smallest absolute Gasteiger partial charge is 0.275 e. The van der Waals surface area contributed by atoms with E-state index in [0.717, 1.165) is 0 Å². The highest BCUT2D eigenvalue weighted by Gasteiger charge is 2.12. The molecule has 23 heavy (non-hydrogen) atoms. The number of halogens is 2. The quantitative estimate of drug-likeness (QED) is 0.750. The number of rotatable bonds is 4. The lowest BCUT2D eigenvalue weighted by atomic mass is 10.3. The lowest BCUT2D eigenvalue weighted by Gasteiger charge is -2.04. The van der Waals surface area contributed by atoms with Gasteiger partial charge in [0.1, 0.15) is 11.5 Å². The summed E-state index contributed by atoms with van der Waals surface area (Å²) in [4.78, 5) is 24.3. The maximum absolute atomic E-state index is 13.1. The van der Waals surface area contributed by atoms with Gasteiger partial charge in [0.15, 0.2) is 5.13 Å². The van der Waals surface area contributed by atoms with Gasteiger partial charge in [-0.05, 0) is 24.3 Å². The summed E-state index contributed by atoms with van der Waals surface area (Å²) in [6, 6.07) is 5.62. The van der Waals surface area contributed by atoms with E-state index < -0.39 is 11.7 Å². The summed E-state index contributed by atoms with van der Waals surface area (Å²) >= 11 is 6.91. The summed E-state index contributed by atoms with van der Waals surface area (Å²) in [5.74, 6) is -0.585. The molecule has 1 aromatic carbocycles. The maximum atomic E-state index is 13.1. The second-order valence-corrected chi connectivity index (χ2v) is 5.58. The van der Waals surface area contributed by atoms with Crippen LogP contribution in [0.1, 0.15) is 10.5 Å². The van der Waals surface area contributed by atoms with E-state index in [1.165, 1.54) is 29.5 Å². The predicted octanol–water partition coefficient (Wildman–Crippen LogP) is 3.72. The van der Waals surface area contributed by atoms with E-state index >= 15 is 0 Å². The second-order valence-electron chi connectivity index (χ2n) is 4.32. The average molecular weight is 350 g/mol. The normalized spacial score (nSPS) is 10.3. The molecule has 6 nitrogen and oxygen atoms in total. The molecule has 1 amide bonds. The minimum atomic E-state index is -0.548. The molecule has 2 aromatic heterocycles. The molecule has 0 bridgehead atoms. The van der Waals surface area contributed by atoms with E-state index in [1.807, 2.05) is 0 Å². The molecule has 2 N–H and O–H groups in total. The third-order valence-corrected chi connectivity index (χ3v) is 3.75. The molecular formula is C14H9ClFN5OS. The van der Waals surface area contributed by atoms with Gasteiger partial charge in [0, 0.05) is 23.5 Å². The maximum Gasteiger partial charge on any atom is 0.275 e. The van der Waals surface area contributed by atoms with Crippen LogP contribution in [0.15, 0.2) is 42.0 Å². The number of carbonyl (C=O) groups is 1. The minimum absolute atomic E-state index is 0.0651. The highest BCUT2D eigenvalue weighted by atomic mass is 35.5. The van der Waals surface area contributed by atoms with Crippen LogP contribution in [0.25, 0.3) is 0 Å². The number of thiazole rings is 1. The van der Waals surface area contributed by atoms with E-state index in [0.29, 0.717) is 16.8 Å². The summed E-state index contributed by atoms with van der Waals surface area (Å²) in [6.45, 7) is 0. The largest absolute Gasteiger partial charge is 0.321 e. The minimum Gasteiger partial charge on any atom is -0.321 e. The molecular weight excluding hydrogens is 341 g/mol. The topological polar surface area (TPSA) is 79.8 Å². The van der Waals surface area contributed by atoms with Gasteiger partial charge >= 0.3 is 0 Å². The van der Waals surface area contributed by atoms with Crippen LogP contribution in [0.4, 0.5) is 21.2 Å². The molecule has 0 radical (unpaired) electrons. The molecule has 0 aliphatic rings. The van der Waals surface area contributed by atoms with Gasteiger partial charge in [0.25, 0.3) is 5.91 Å². The first-order chi connectivity index (χ1) is 11.1. The fraction of sp³-hybridized carbons (Fsp3) is 0. The Labute approximate surface area is 139 Å². The summed E-state index contributed by atoms with van der Waals surface area (Å²) in [6.07, 6.45) is 3.18. The third-order valence-electron chi connectivity index (χ3n) is 2.70. The second kappa shape index (κ2) is 6.67. The monoisotopic (exact) mass is 349 g/mol. The van der Waals surface area contributed by atoms with Crippen molar-refractivity contribution in [3.63, 3.8) is 0 Å². The van der Waals surface area contributed by atoms with Crippen molar-refractivity contribution in [2.75, 3.05) is 10.6 Å². The standard InChI is InChI=1S/C14H9ClFN5OS/c15-9-6-8(2-3-10(9)16)19-12(22)11-7-23-14(20-11)21-13-17-4-1-5-18-13/h1-7H,(H,19,22)(H,17,18,20,21). The van der Waals surface area contributed by atoms with Crippen LogP contribution in [-0.2, 0) is 0 Å². The summed E-state index contributed by atoms with van der Waals surface area (Å²) in [5, 5.41) is 7.50. The Morgan fingerprint density at radius 1 is 1.26 bits per heavy atom. The molecule has 0 spiro atoms. The molecule has 2 heterocycles. The fourth-order valence-electron chi connectivity index (χ4n) is 1.66. The number of nitrogens with one attached hydrogen (secondary N) is 2. The molecule has 0 atom stereocenters. The molecule has 0 unspecified atom stereocenters.